The number of aliphatic hydroxyl groups is 1. The Morgan fingerprint density at radius 3 is 1.93 bits per heavy atom. The van der Waals surface area contributed by atoms with E-state index in [-0.39, 0.29) is 5.71 Å². The van der Waals surface area contributed by atoms with Gasteiger partial charge in [-0.1, -0.05) is 17.3 Å². The molecule has 7 nitrogen and oxygen atoms in total. The van der Waals surface area contributed by atoms with Crippen molar-refractivity contribution in [2.75, 3.05) is 28.4 Å². The summed E-state index contributed by atoms with van der Waals surface area (Å²) >= 11 is 0. The average molecular weight is 385 g/mol. The van der Waals surface area contributed by atoms with Crippen LogP contribution >= 0.6 is 0 Å². The average Bonchev–Trinajstić information content (AvgIpc) is 3.08. The fourth-order valence-corrected chi connectivity index (χ4v) is 3.43. The molecule has 0 saturated heterocycles. The van der Waals surface area contributed by atoms with Crippen molar-refractivity contribution in [3.05, 3.63) is 47.5 Å². The third-order valence-electron chi connectivity index (χ3n) is 4.77. The largest absolute Gasteiger partial charge is 0.497 e. The van der Waals surface area contributed by atoms with E-state index in [9.17, 15) is 10.3 Å². The normalized spacial score (nSPS) is 17.8. The standard InChI is InChI=1S/C21H23NO6/c1-25-14-7-5-12(6-8-14)15-11-16(23)20(22-24)19(15)13-9-17(26-2)21(28-4)18(10-13)27-3/h5-10,16,23-24H,11H2,1-4H3. The Labute approximate surface area is 163 Å². The van der Waals surface area contributed by atoms with Crippen molar-refractivity contribution in [1.82, 2.24) is 0 Å². The molecule has 0 bridgehead atoms. The predicted octanol–water partition coefficient (Wildman–Crippen LogP) is 3.23. The summed E-state index contributed by atoms with van der Waals surface area (Å²) < 4.78 is 21.5. The van der Waals surface area contributed by atoms with Crippen LogP contribution in [-0.4, -0.2) is 50.6 Å². The first-order valence-corrected chi connectivity index (χ1v) is 8.66. The van der Waals surface area contributed by atoms with Gasteiger partial charge in [-0.3, -0.25) is 0 Å². The van der Waals surface area contributed by atoms with E-state index in [0.29, 0.717) is 34.8 Å². The highest BCUT2D eigenvalue weighted by molar-refractivity contribution is 6.35. The second-order valence-corrected chi connectivity index (χ2v) is 6.20. The van der Waals surface area contributed by atoms with E-state index in [0.717, 1.165) is 16.9 Å². The van der Waals surface area contributed by atoms with Crippen molar-refractivity contribution < 1.29 is 29.3 Å². The van der Waals surface area contributed by atoms with Crippen LogP contribution in [0.1, 0.15) is 17.5 Å². The second-order valence-electron chi connectivity index (χ2n) is 6.20. The highest BCUT2D eigenvalue weighted by Crippen LogP contribution is 2.44. The molecule has 0 amide bonds. The molecule has 2 aromatic rings. The van der Waals surface area contributed by atoms with Gasteiger partial charge in [0.2, 0.25) is 5.75 Å². The number of nitrogens with zero attached hydrogens (tertiary/aromatic N) is 1. The minimum Gasteiger partial charge on any atom is -0.497 e. The van der Waals surface area contributed by atoms with Crippen LogP contribution in [-0.2, 0) is 0 Å². The molecule has 1 unspecified atom stereocenters. The molecule has 0 aromatic heterocycles. The molecule has 0 saturated carbocycles. The first-order valence-electron chi connectivity index (χ1n) is 8.66. The smallest absolute Gasteiger partial charge is 0.203 e. The van der Waals surface area contributed by atoms with Crippen LogP contribution < -0.4 is 18.9 Å². The van der Waals surface area contributed by atoms with Crippen LogP contribution in [0.4, 0.5) is 0 Å². The van der Waals surface area contributed by atoms with Crippen LogP contribution in [0.2, 0.25) is 0 Å². The summed E-state index contributed by atoms with van der Waals surface area (Å²) in [5.41, 5.74) is 3.24. The summed E-state index contributed by atoms with van der Waals surface area (Å²) in [5.74, 6) is 2.13. The predicted molar refractivity (Wildman–Crippen MR) is 106 cm³/mol. The lowest BCUT2D eigenvalue weighted by Crippen LogP contribution is -2.15. The summed E-state index contributed by atoms with van der Waals surface area (Å²) in [6.45, 7) is 0. The number of ether oxygens (including phenoxy) is 4. The fraction of sp³-hybridized carbons (Fsp3) is 0.286. The topological polar surface area (TPSA) is 89.7 Å². The van der Waals surface area contributed by atoms with Gasteiger partial charge >= 0.3 is 0 Å². The Morgan fingerprint density at radius 1 is 0.857 bits per heavy atom. The molecule has 1 atom stereocenters. The summed E-state index contributed by atoms with van der Waals surface area (Å²) in [7, 11) is 6.20. The van der Waals surface area contributed by atoms with Gasteiger partial charge in [-0.2, -0.15) is 0 Å². The molecule has 0 heterocycles. The van der Waals surface area contributed by atoms with Crippen LogP contribution in [0.3, 0.4) is 0 Å². The molecule has 0 radical (unpaired) electrons. The van der Waals surface area contributed by atoms with Crippen molar-refractivity contribution in [3.8, 4) is 23.0 Å². The molecule has 1 aliphatic carbocycles. The SMILES string of the molecule is COc1ccc(C2=C(c3cc(OC)c(OC)c(OC)c3)C(=NO)C(O)C2)cc1. The first-order chi connectivity index (χ1) is 13.6. The van der Waals surface area contributed by atoms with E-state index in [4.69, 9.17) is 18.9 Å². The van der Waals surface area contributed by atoms with E-state index >= 15 is 0 Å². The van der Waals surface area contributed by atoms with Gasteiger partial charge in [-0.15, -0.1) is 0 Å². The summed E-state index contributed by atoms with van der Waals surface area (Å²) in [4.78, 5) is 0. The van der Waals surface area contributed by atoms with Gasteiger partial charge in [0, 0.05) is 12.0 Å². The van der Waals surface area contributed by atoms with Gasteiger partial charge in [0.25, 0.3) is 0 Å². The number of rotatable bonds is 6. The Kier molecular flexibility index (Phi) is 5.75. The molecule has 28 heavy (non-hydrogen) atoms. The maximum atomic E-state index is 10.5. The van der Waals surface area contributed by atoms with Crippen LogP contribution in [0.25, 0.3) is 11.1 Å². The summed E-state index contributed by atoms with van der Waals surface area (Å²) in [6.07, 6.45) is -0.603. The molecular formula is C21H23NO6. The zero-order valence-electron chi connectivity index (χ0n) is 16.2. The zero-order valence-corrected chi connectivity index (χ0v) is 16.2. The number of hydrogen-bond acceptors (Lipinski definition) is 7. The lowest BCUT2D eigenvalue weighted by atomic mass is 9.95. The van der Waals surface area contributed by atoms with Crippen molar-refractivity contribution in [2.45, 2.75) is 12.5 Å². The molecular weight excluding hydrogens is 362 g/mol. The molecule has 0 aliphatic heterocycles. The molecule has 0 spiro atoms. The molecule has 1 aliphatic rings. The summed E-state index contributed by atoms with van der Waals surface area (Å²) in [6, 6.07) is 11.0. The van der Waals surface area contributed by atoms with Crippen molar-refractivity contribution >= 4 is 16.9 Å². The molecule has 3 rings (SSSR count). The van der Waals surface area contributed by atoms with E-state index in [2.05, 4.69) is 5.16 Å². The fourth-order valence-electron chi connectivity index (χ4n) is 3.43. The van der Waals surface area contributed by atoms with E-state index < -0.39 is 6.10 Å². The third-order valence-corrected chi connectivity index (χ3v) is 4.77. The van der Waals surface area contributed by atoms with Gasteiger partial charge in [-0.25, -0.2) is 0 Å². The molecule has 2 N–H and O–H groups in total. The number of aliphatic hydroxyl groups excluding tert-OH is 1. The second kappa shape index (κ2) is 8.22. The van der Waals surface area contributed by atoms with Crippen molar-refractivity contribution in [3.63, 3.8) is 0 Å². The van der Waals surface area contributed by atoms with Crippen LogP contribution in [0, 0.1) is 0 Å². The number of methoxy groups -OCH3 is 4. The monoisotopic (exact) mass is 385 g/mol. The van der Waals surface area contributed by atoms with E-state index in [1.165, 1.54) is 21.3 Å². The molecule has 2 aromatic carbocycles. The maximum Gasteiger partial charge on any atom is 0.203 e. The van der Waals surface area contributed by atoms with Gasteiger partial charge in [0.05, 0.1) is 28.4 Å². The molecule has 7 heteroatoms. The Bertz CT molecular complexity index is 892. The quantitative estimate of drug-likeness (QED) is 0.586. The maximum absolute atomic E-state index is 10.5. The molecule has 148 valence electrons. The minimum atomic E-state index is -0.920. The van der Waals surface area contributed by atoms with Crippen LogP contribution in [0.15, 0.2) is 41.6 Å². The molecule has 0 fully saturated rings. The Morgan fingerprint density at radius 2 is 1.46 bits per heavy atom. The van der Waals surface area contributed by atoms with Crippen molar-refractivity contribution in [1.29, 1.82) is 0 Å². The highest BCUT2D eigenvalue weighted by Gasteiger charge is 2.33. The lowest BCUT2D eigenvalue weighted by Gasteiger charge is -2.16. The van der Waals surface area contributed by atoms with Crippen LogP contribution in [0.5, 0.6) is 23.0 Å². The number of oxime groups is 1. The Hall–Kier alpha value is -3.19. The number of hydrogen-bond donors (Lipinski definition) is 2. The third kappa shape index (κ3) is 3.36. The van der Waals surface area contributed by atoms with Gasteiger partial charge in [-0.05, 0) is 41.0 Å². The van der Waals surface area contributed by atoms with Gasteiger partial charge in [0.1, 0.15) is 17.6 Å². The van der Waals surface area contributed by atoms with Gasteiger partial charge < -0.3 is 29.3 Å². The van der Waals surface area contributed by atoms with E-state index in [1.54, 1.807) is 19.2 Å². The lowest BCUT2D eigenvalue weighted by molar-refractivity contribution is 0.240. The first kappa shape index (κ1) is 19.6. The minimum absolute atomic E-state index is 0.195. The van der Waals surface area contributed by atoms with Gasteiger partial charge in [0.15, 0.2) is 11.5 Å². The Balaban J connectivity index is 2.24. The number of benzene rings is 2. The summed E-state index contributed by atoms with van der Waals surface area (Å²) in [5, 5.41) is 23.4. The zero-order chi connectivity index (χ0) is 20.3. The van der Waals surface area contributed by atoms with Crippen molar-refractivity contribution in [2.24, 2.45) is 5.16 Å². The highest BCUT2D eigenvalue weighted by atomic mass is 16.5. The van der Waals surface area contributed by atoms with E-state index in [1.807, 2.05) is 24.3 Å².